The van der Waals surface area contributed by atoms with Crippen LogP contribution in [0.4, 0.5) is 16.5 Å². The maximum absolute atomic E-state index is 12.4. The second-order valence-corrected chi connectivity index (χ2v) is 6.04. The topological polar surface area (TPSA) is 71.2 Å². The molecule has 0 saturated heterocycles. The molecular formula is C15H18N4OS. The first kappa shape index (κ1) is 13.9. The van der Waals surface area contributed by atoms with Crippen LogP contribution >= 0.6 is 11.3 Å². The van der Waals surface area contributed by atoms with Crippen LogP contribution in [-0.4, -0.2) is 23.5 Å². The van der Waals surface area contributed by atoms with Crippen molar-refractivity contribution < 1.29 is 4.79 Å². The van der Waals surface area contributed by atoms with Crippen LogP contribution < -0.4 is 16.0 Å². The molecule has 2 aromatic rings. The molecule has 110 valence electrons. The Bertz CT molecular complexity index is 641. The Morgan fingerprint density at radius 3 is 3.14 bits per heavy atom. The van der Waals surface area contributed by atoms with E-state index in [1.165, 1.54) is 11.3 Å². The smallest absolute Gasteiger partial charge is 0.248 e. The van der Waals surface area contributed by atoms with Crippen LogP contribution in [0, 0.1) is 0 Å². The molecule has 21 heavy (non-hydrogen) atoms. The van der Waals surface area contributed by atoms with Crippen LogP contribution in [0.3, 0.4) is 0 Å². The van der Waals surface area contributed by atoms with Crippen LogP contribution in [0.2, 0.25) is 0 Å². The zero-order valence-corrected chi connectivity index (χ0v) is 12.7. The average molecular weight is 302 g/mol. The zero-order chi connectivity index (χ0) is 14.8. The molecule has 2 heterocycles. The highest BCUT2D eigenvalue weighted by Crippen LogP contribution is 2.32. The molecule has 1 atom stereocenters. The normalized spacial score (nSPS) is 15.4. The number of rotatable bonds is 3. The van der Waals surface area contributed by atoms with Crippen LogP contribution in [0.5, 0.6) is 0 Å². The van der Waals surface area contributed by atoms with Crippen molar-refractivity contribution in [1.82, 2.24) is 4.98 Å². The molecular weight excluding hydrogens is 284 g/mol. The van der Waals surface area contributed by atoms with E-state index in [0.717, 1.165) is 36.3 Å². The summed E-state index contributed by atoms with van der Waals surface area (Å²) >= 11 is 1.42. The first-order valence-electron chi connectivity index (χ1n) is 7.01. The van der Waals surface area contributed by atoms with Gasteiger partial charge in [0.2, 0.25) is 5.91 Å². The standard InChI is InChI=1S/C15H18N4OS/c1-10(14(20)18-15-17-7-9-21-15)19-8-3-4-11-12(16)5-2-6-13(11)19/h2,5-7,9-10H,3-4,8,16H2,1H3,(H,17,18,20). The summed E-state index contributed by atoms with van der Waals surface area (Å²) in [6, 6.07) is 5.65. The van der Waals surface area contributed by atoms with Crippen molar-refractivity contribution in [3.8, 4) is 0 Å². The fraction of sp³-hybridized carbons (Fsp3) is 0.333. The molecule has 0 spiro atoms. The summed E-state index contributed by atoms with van der Waals surface area (Å²) < 4.78 is 0. The summed E-state index contributed by atoms with van der Waals surface area (Å²) in [5.74, 6) is -0.0415. The third kappa shape index (κ3) is 2.71. The Balaban J connectivity index is 1.81. The van der Waals surface area contributed by atoms with Crippen LogP contribution in [-0.2, 0) is 11.2 Å². The second-order valence-electron chi connectivity index (χ2n) is 5.14. The van der Waals surface area contributed by atoms with Crippen LogP contribution in [0.25, 0.3) is 0 Å². The highest BCUT2D eigenvalue weighted by atomic mass is 32.1. The molecule has 5 nitrogen and oxygen atoms in total. The summed E-state index contributed by atoms with van der Waals surface area (Å²) in [4.78, 5) is 18.6. The average Bonchev–Trinajstić information content (AvgIpc) is 2.99. The van der Waals surface area contributed by atoms with Crippen molar-refractivity contribution in [2.75, 3.05) is 22.5 Å². The largest absolute Gasteiger partial charge is 0.398 e. The minimum Gasteiger partial charge on any atom is -0.398 e. The van der Waals surface area contributed by atoms with Crippen LogP contribution in [0.15, 0.2) is 29.8 Å². The molecule has 6 heteroatoms. The highest BCUT2D eigenvalue weighted by Gasteiger charge is 2.27. The predicted octanol–water partition coefficient (Wildman–Crippen LogP) is 2.51. The summed E-state index contributed by atoms with van der Waals surface area (Å²) in [5.41, 5.74) is 9.09. The van der Waals surface area contributed by atoms with Gasteiger partial charge in [-0.15, -0.1) is 11.3 Å². The van der Waals surface area contributed by atoms with Crippen molar-refractivity contribution in [2.45, 2.75) is 25.8 Å². The summed E-state index contributed by atoms with van der Waals surface area (Å²) in [7, 11) is 0. The van der Waals surface area contributed by atoms with Gasteiger partial charge in [0.25, 0.3) is 0 Å². The maximum atomic E-state index is 12.4. The Morgan fingerprint density at radius 1 is 1.52 bits per heavy atom. The van der Waals surface area contributed by atoms with E-state index in [1.807, 2.05) is 30.5 Å². The number of thiazole rings is 1. The number of carbonyl (C=O) groups excluding carboxylic acids is 1. The lowest BCUT2D eigenvalue weighted by atomic mass is 9.98. The van der Waals surface area contributed by atoms with Gasteiger partial charge in [-0.3, -0.25) is 4.79 Å². The summed E-state index contributed by atoms with van der Waals surface area (Å²) in [6.45, 7) is 2.78. The van der Waals surface area contributed by atoms with Crippen LogP contribution in [0.1, 0.15) is 18.9 Å². The van der Waals surface area contributed by atoms with E-state index in [9.17, 15) is 4.79 Å². The monoisotopic (exact) mass is 302 g/mol. The molecule has 1 unspecified atom stereocenters. The van der Waals surface area contributed by atoms with E-state index in [1.54, 1.807) is 6.20 Å². The third-order valence-corrected chi connectivity index (χ3v) is 4.52. The number of aromatic nitrogens is 1. The van der Waals surface area contributed by atoms with E-state index in [0.29, 0.717) is 5.13 Å². The zero-order valence-electron chi connectivity index (χ0n) is 11.9. The van der Waals surface area contributed by atoms with Gasteiger partial charge in [-0.25, -0.2) is 4.98 Å². The molecule has 0 radical (unpaired) electrons. The maximum Gasteiger partial charge on any atom is 0.248 e. The van der Waals surface area contributed by atoms with Crippen molar-refractivity contribution in [2.24, 2.45) is 0 Å². The Labute approximate surface area is 127 Å². The summed E-state index contributed by atoms with van der Waals surface area (Å²) in [6.07, 6.45) is 3.66. The SMILES string of the molecule is CC(C(=O)Nc1nccs1)N1CCCc2c(N)cccc21. The molecule has 3 N–H and O–H groups in total. The first-order valence-corrected chi connectivity index (χ1v) is 7.89. The molecule has 1 amide bonds. The van der Waals surface area contributed by atoms with Gasteiger partial charge in [-0.2, -0.15) is 0 Å². The van der Waals surface area contributed by atoms with E-state index in [-0.39, 0.29) is 11.9 Å². The molecule has 1 aromatic heterocycles. The molecule has 0 bridgehead atoms. The fourth-order valence-electron chi connectivity index (χ4n) is 2.72. The quantitative estimate of drug-likeness (QED) is 0.855. The minimum absolute atomic E-state index is 0.0415. The molecule has 1 aliphatic heterocycles. The van der Waals surface area contributed by atoms with Gasteiger partial charge in [0.05, 0.1) is 0 Å². The lowest BCUT2D eigenvalue weighted by Crippen LogP contribution is -2.44. The van der Waals surface area contributed by atoms with E-state index < -0.39 is 0 Å². The van der Waals surface area contributed by atoms with E-state index in [4.69, 9.17) is 5.73 Å². The molecule has 0 aliphatic carbocycles. The predicted molar refractivity (Wildman–Crippen MR) is 86.7 cm³/mol. The second kappa shape index (κ2) is 5.73. The number of amides is 1. The molecule has 1 aromatic carbocycles. The van der Waals surface area contributed by atoms with Gasteiger partial charge < -0.3 is 16.0 Å². The number of nitrogens with zero attached hydrogens (tertiary/aromatic N) is 2. The van der Waals surface area contributed by atoms with E-state index >= 15 is 0 Å². The molecule has 1 aliphatic rings. The Morgan fingerprint density at radius 2 is 2.38 bits per heavy atom. The number of hydrogen-bond donors (Lipinski definition) is 2. The number of nitrogens with one attached hydrogen (secondary N) is 1. The van der Waals surface area contributed by atoms with Gasteiger partial charge in [0.15, 0.2) is 5.13 Å². The third-order valence-electron chi connectivity index (χ3n) is 3.83. The van der Waals surface area contributed by atoms with Gasteiger partial charge >= 0.3 is 0 Å². The van der Waals surface area contributed by atoms with Gasteiger partial charge in [-0.05, 0) is 37.5 Å². The fourth-order valence-corrected chi connectivity index (χ4v) is 3.25. The van der Waals surface area contributed by atoms with Gasteiger partial charge in [0.1, 0.15) is 6.04 Å². The first-order chi connectivity index (χ1) is 10.2. The summed E-state index contributed by atoms with van der Waals surface area (Å²) in [5, 5.41) is 5.34. The lowest BCUT2D eigenvalue weighted by molar-refractivity contribution is -0.117. The number of benzene rings is 1. The number of nitrogens with two attached hydrogens (primary N) is 1. The number of nitrogen functional groups attached to an aromatic ring is 1. The number of hydrogen-bond acceptors (Lipinski definition) is 5. The van der Waals surface area contributed by atoms with Crippen molar-refractivity contribution in [3.05, 3.63) is 35.3 Å². The van der Waals surface area contributed by atoms with Gasteiger partial charge in [0, 0.05) is 29.5 Å². The number of anilines is 3. The molecule has 3 rings (SSSR count). The Hall–Kier alpha value is -2.08. The molecule has 0 saturated carbocycles. The van der Waals surface area contributed by atoms with E-state index in [2.05, 4.69) is 15.2 Å². The van der Waals surface area contributed by atoms with Crippen molar-refractivity contribution in [3.63, 3.8) is 0 Å². The number of carbonyl (C=O) groups is 1. The lowest BCUT2D eigenvalue weighted by Gasteiger charge is -2.35. The Kier molecular flexibility index (Phi) is 3.79. The molecule has 0 fully saturated rings. The minimum atomic E-state index is -0.255. The highest BCUT2D eigenvalue weighted by molar-refractivity contribution is 7.13. The van der Waals surface area contributed by atoms with Crippen molar-refractivity contribution >= 4 is 33.8 Å². The van der Waals surface area contributed by atoms with Gasteiger partial charge in [-0.1, -0.05) is 6.07 Å². The number of fused-ring (bicyclic) bond motifs is 1. The van der Waals surface area contributed by atoms with Crippen molar-refractivity contribution in [1.29, 1.82) is 0 Å².